The highest BCUT2D eigenvalue weighted by Gasteiger charge is 2.19. The predicted octanol–water partition coefficient (Wildman–Crippen LogP) is 2.66. The highest BCUT2D eigenvalue weighted by Crippen LogP contribution is 2.20. The fraction of sp³-hybridized carbons (Fsp3) is 0.333. The normalized spacial score (nSPS) is 15.1. The first-order chi connectivity index (χ1) is 11.6. The van der Waals surface area contributed by atoms with Crippen molar-refractivity contribution in [2.45, 2.75) is 18.9 Å². The number of piperidine rings is 1. The standard InChI is InChI=1S/C18H21FN4O/c1-23(15-9-11-20-12-10-15)17-4-2-3-16(21-17)22-18(24)13-5-7-14(19)8-6-13/h2-8,15,20H,9-12H2,1H3,(H,21,22,24). The van der Waals surface area contributed by atoms with Gasteiger partial charge < -0.3 is 15.5 Å². The van der Waals surface area contributed by atoms with Gasteiger partial charge in [0.2, 0.25) is 0 Å². The summed E-state index contributed by atoms with van der Waals surface area (Å²) in [6.07, 6.45) is 2.15. The van der Waals surface area contributed by atoms with Crippen molar-refractivity contribution >= 4 is 17.5 Å². The van der Waals surface area contributed by atoms with Gasteiger partial charge in [-0.15, -0.1) is 0 Å². The number of rotatable bonds is 4. The number of hydrogen-bond acceptors (Lipinski definition) is 4. The molecule has 1 aromatic carbocycles. The van der Waals surface area contributed by atoms with Crippen LogP contribution in [0.25, 0.3) is 0 Å². The number of carbonyl (C=O) groups is 1. The van der Waals surface area contributed by atoms with Gasteiger partial charge in [-0.05, 0) is 62.3 Å². The Morgan fingerprint density at radius 1 is 1.21 bits per heavy atom. The Kier molecular flexibility index (Phi) is 5.05. The smallest absolute Gasteiger partial charge is 0.256 e. The molecule has 1 aromatic heterocycles. The minimum absolute atomic E-state index is 0.302. The summed E-state index contributed by atoms with van der Waals surface area (Å²) in [4.78, 5) is 18.9. The Morgan fingerprint density at radius 2 is 1.92 bits per heavy atom. The second-order valence-corrected chi connectivity index (χ2v) is 5.93. The van der Waals surface area contributed by atoms with Crippen molar-refractivity contribution in [3.8, 4) is 0 Å². The lowest BCUT2D eigenvalue weighted by Gasteiger charge is -2.32. The molecule has 5 nitrogen and oxygen atoms in total. The zero-order chi connectivity index (χ0) is 16.9. The lowest BCUT2D eigenvalue weighted by molar-refractivity contribution is 0.102. The van der Waals surface area contributed by atoms with Gasteiger partial charge in [0.05, 0.1) is 0 Å². The lowest BCUT2D eigenvalue weighted by Crippen LogP contribution is -2.41. The first kappa shape index (κ1) is 16.4. The molecule has 1 aliphatic heterocycles. The number of carbonyl (C=O) groups excluding carboxylic acids is 1. The molecule has 1 fully saturated rings. The number of benzene rings is 1. The second kappa shape index (κ2) is 7.40. The molecule has 6 heteroatoms. The van der Waals surface area contributed by atoms with Crippen LogP contribution in [0.15, 0.2) is 42.5 Å². The molecular formula is C18H21FN4O. The third-order valence-electron chi connectivity index (χ3n) is 4.30. The topological polar surface area (TPSA) is 57.3 Å². The number of nitrogens with zero attached hydrogens (tertiary/aromatic N) is 2. The molecule has 126 valence electrons. The maximum Gasteiger partial charge on any atom is 0.256 e. The summed E-state index contributed by atoms with van der Waals surface area (Å²) >= 11 is 0. The van der Waals surface area contributed by atoms with Crippen LogP contribution in [0.1, 0.15) is 23.2 Å². The Balaban J connectivity index is 1.70. The third-order valence-corrected chi connectivity index (χ3v) is 4.30. The van der Waals surface area contributed by atoms with E-state index in [0.29, 0.717) is 17.4 Å². The summed E-state index contributed by atoms with van der Waals surface area (Å²) in [7, 11) is 2.03. The van der Waals surface area contributed by atoms with Crippen LogP contribution in [0, 0.1) is 5.82 Å². The van der Waals surface area contributed by atoms with Crippen molar-refractivity contribution in [2.75, 3.05) is 30.4 Å². The van der Waals surface area contributed by atoms with E-state index in [1.165, 1.54) is 24.3 Å². The van der Waals surface area contributed by atoms with E-state index >= 15 is 0 Å². The van der Waals surface area contributed by atoms with Gasteiger partial charge >= 0.3 is 0 Å². The van der Waals surface area contributed by atoms with Gasteiger partial charge in [-0.3, -0.25) is 4.79 Å². The van der Waals surface area contributed by atoms with Crippen molar-refractivity contribution in [2.24, 2.45) is 0 Å². The molecule has 0 bridgehead atoms. The molecule has 1 aliphatic rings. The number of halogens is 1. The molecule has 1 saturated heterocycles. The Morgan fingerprint density at radius 3 is 2.62 bits per heavy atom. The molecule has 24 heavy (non-hydrogen) atoms. The first-order valence-corrected chi connectivity index (χ1v) is 8.11. The highest BCUT2D eigenvalue weighted by molar-refractivity contribution is 6.03. The van der Waals surface area contributed by atoms with Crippen molar-refractivity contribution in [3.05, 3.63) is 53.8 Å². The molecule has 2 heterocycles. The number of anilines is 2. The fourth-order valence-electron chi connectivity index (χ4n) is 2.86. The van der Waals surface area contributed by atoms with Crippen LogP contribution in [-0.4, -0.2) is 37.1 Å². The average Bonchev–Trinajstić information content (AvgIpc) is 2.62. The Hall–Kier alpha value is -2.47. The third kappa shape index (κ3) is 3.89. The SMILES string of the molecule is CN(c1cccc(NC(=O)c2ccc(F)cc2)n1)C1CCNCC1. The maximum atomic E-state index is 12.9. The number of pyridine rings is 1. The molecule has 0 saturated carbocycles. The lowest BCUT2D eigenvalue weighted by atomic mass is 10.1. The number of hydrogen-bond donors (Lipinski definition) is 2. The number of nitrogens with one attached hydrogen (secondary N) is 2. The minimum atomic E-state index is -0.365. The van der Waals surface area contributed by atoms with Crippen LogP contribution < -0.4 is 15.5 Å². The van der Waals surface area contributed by atoms with Gasteiger partial charge in [0.1, 0.15) is 17.5 Å². The summed E-state index contributed by atoms with van der Waals surface area (Å²) in [6, 6.07) is 11.5. The predicted molar refractivity (Wildman–Crippen MR) is 92.9 cm³/mol. The molecule has 2 aromatic rings. The zero-order valence-electron chi connectivity index (χ0n) is 13.6. The van der Waals surface area contributed by atoms with Gasteiger partial charge in [0, 0.05) is 18.7 Å². The highest BCUT2D eigenvalue weighted by atomic mass is 19.1. The molecule has 3 rings (SSSR count). The molecule has 1 amide bonds. The van der Waals surface area contributed by atoms with E-state index in [0.717, 1.165) is 31.7 Å². The zero-order valence-corrected chi connectivity index (χ0v) is 13.6. The molecule has 0 unspecified atom stereocenters. The number of aromatic nitrogens is 1. The second-order valence-electron chi connectivity index (χ2n) is 5.93. The van der Waals surface area contributed by atoms with Gasteiger partial charge in [0.15, 0.2) is 0 Å². The summed E-state index contributed by atoms with van der Waals surface area (Å²) in [5.41, 5.74) is 0.398. The van der Waals surface area contributed by atoms with Gasteiger partial charge in [0.25, 0.3) is 5.91 Å². The van der Waals surface area contributed by atoms with Crippen molar-refractivity contribution in [3.63, 3.8) is 0 Å². The first-order valence-electron chi connectivity index (χ1n) is 8.11. The van der Waals surface area contributed by atoms with Crippen molar-refractivity contribution < 1.29 is 9.18 Å². The van der Waals surface area contributed by atoms with E-state index in [1.54, 1.807) is 6.07 Å². The van der Waals surface area contributed by atoms with Crippen molar-refractivity contribution in [1.29, 1.82) is 0 Å². The fourth-order valence-corrected chi connectivity index (χ4v) is 2.86. The summed E-state index contributed by atoms with van der Waals surface area (Å²) in [5.74, 6) is 0.654. The van der Waals surface area contributed by atoms with Crippen LogP contribution in [0.5, 0.6) is 0 Å². The van der Waals surface area contributed by atoms with Gasteiger partial charge in [-0.1, -0.05) is 6.07 Å². The quantitative estimate of drug-likeness (QED) is 0.906. The summed E-state index contributed by atoms with van der Waals surface area (Å²) in [6.45, 7) is 2.02. The van der Waals surface area contributed by atoms with E-state index in [-0.39, 0.29) is 11.7 Å². The largest absolute Gasteiger partial charge is 0.357 e. The number of amides is 1. The van der Waals surface area contributed by atoms with Crippen LogP contribution in [0.2, 0.25) is 0 Å². The van der Waals surface area contributed by atoms with E-state index in [1.807, 2.05) is 19.2 Å². The van der Waals surface area contributed by atoms with E-state index in [4.69, 9.17) is 0 Å². The van der Waals surface area contributed by atoms with Gasteiger partial charge in [-0.25, -0.2) is 9.37 Å². The maximum absolute atomic E-state index is 12.9. The summed E-state index contributed by atoms with van der Waals surface area (Å²) < 4.78 is 12.9. The molecule has 0 atom stereocenters. The van der Waals surface area contributed by atoms with Crippen LogP contribution in [0.3, 0.4) is 0 Å². The molecular weight excluding hydrogens is 307 g/mol. The summed E-state index contributed by atoms with van der Waals surface area (Å²) in [5, 5.41) is 6.11. The molecule has 2 N–H and O–H groups in total. The van der Waals surface area contributed by atoms with Crippen LogP contribution in [0.4, 0.5) is 16.0 Å². The average molecular weight is 328 g/mol. The monoisotopic (exact) mass is 328 g/mol. The van der Waals surface area contributed by atoms with Crippen LogP contribution >= 0.6 is 0 Å². The Bertz CT molecular complexity index is 698. The van der Waals surface area contributed by atoms with Crippen molar-refractivity contribution in [1.82, 2.24) is 10.3 Å². The minimum Gasteiger partial charge on any atom is -0.357 e. The van der Waals surface area contributed by atoms with Gasteiger partial charge in [-0.2, -0.15) is 0 Å². The molecule has 0 radical (unpaired) electrons. The van der Waals surface area contributed by atoms with E-state index < -0.39 is 0 Å². The Labute approximate surface area is 140 Å². The molecule has 0 spiro atoms. The van der Waals surface area contributed by atoms with Crippen LogP contribution in [-0.2, 0) is 0 Å². The van der Waals surface area contributed by atoms with E-state index in [9.17, 15) is 9.18 Å². The van der Waals surface area contributed by atoms with E-state index in [2.05, 4.69) is 20.5 Å². The molecule has 0 aliphatic carbocycles.